The molecule has 0 amide bonds. The lowest BCUT2D eigenvalue weighted by Crippen LogP contribution is -2.46. The molecule has 1 aliphatic heterocycles. The van der Waals surface area contributed by atoms with Crippen molar-refractivity contribution >= 4 is 22.2 Å². The predicted molar refractivity (Wildman–Crippen MR) is 138 cm³/mol. The van der Waals surface area contributed by atoms with Crippen molar-refractivity contribution in [1.82, 2.24) is 14.8 Å². The van der Waals surface area contributed by atoms with E-state index in [2.05, 4.69) is 63.8 Å². The minimum absolute atomic E-state index is 0.126. The van der Waals surface area contributed by atoms with Crippen molar-refractivity contribution in [3.05, 3.63) is 59.0 Å². The second kappa shape index (κ2) is 9.84. The SMILES string of the molecule is Cc1ccc(OC(C)C)c(Nc2nc(-c3ccc(CN4CCN(C5CC5)CC4)cc3)cs2)c1. The summed E-state index contributed by atoms with van der Waals surface area (Å²) in [6, 6.07) is 16.0. The first-order valence-electron chi connectivity index (χ1n) is 12.1. The number of anilines is 2. The fourth-order valence-electron chi connectivity index (χ4n) is 4.44. The van der Waals surface area contributed by atoms with Crippen LogP contribution in [0.25, 0.3) is 11.3 Å². The van der Waals surface area contributed by atoms with E-state index in [1.807, 2.05) is 19.9 Å². The van der Waals surface area contributed by atoms with E-state index < -0.39 is 0 Å². The minimum atomic E-state index is 0.126. The van der Waals surface area contributed by atoms with Gasteiger partial charge in [-0.2, -0.15) is 0 Å². The van der Waals surface area contributed by atoms with E-state index in [4.69, 9.17) is 9.72 Å². The third kappa shape index (κ3) is 5.75. The normalized spacial score (nSPS) is 17.5. The highest BCUT2D eigenvalue weighted by Crippen LogP contribution is 2.33. The average Bonchev–Trinajstić information content (AvgIpc) is 3.55. The van der Waals surface area contributed by atoms with Crippen LogP contribution in [0.4, 0.5) is 10.8 Å². The highest BCUT2D eigenvalue weighted by atomic mass is 32.1. The van der Waals surface area contributed by atoms with Crippen LogP contribution in [0.2, 0.25) is 0 Å². The van der Waals surface area contributed by atoms with Gasteiger partial charge in [-0.1, -0.05) is 30.3 Å². The molecule has 2 aromatic carbocycles. The van der Waals surface area contributed by atoms with Crippen molar-refractivity contribution < 1.29 is 4.74 Å². The molecule has 1 saturated heterocycles. The van der Waals surface area contributed by atoms with Crippen molar-refractivity contribution in [1.29, 1.82) is 0 Å². The summed E-state index contributed by atoms with van der Waals surface area (Å²) in [6.45, 7) is 12.0. The second-order valence-corrected chi connectivity index (χ2v) is 10.4. The Morgan fingerprint density at radius 1 is 1.06 bits per heavy atom. The maximum Gasteiger partial charge on any atom is 0.187 e. The van der Waals surface area contributed by atoms with Crippen LogP contribution in [0.15, 0.2) is 47.8 Å². The number of nitrogens with zero attached hydrogens (tertiary/aromatic N) is 3. The van der Waals surface area contributed by atoms with Crippen molar-refractivity contribution in [2.45, 2.75) is 52.3 Å². The lowest BCUT2D eigenvalue weighted by molar-refractivity contribution is 0.121. The van der Waals surface area contributed by atoms with Crippen LogP contribution in [-0.4, -0.2) is 53.1 Å². The molecule has 1 N–H and O–H groups in total. The summed E-state index contributed by atoms with van der Waals surface area (Å²) in [7, 11) is 0. The van der Waals surface area contributed by atoms with Crippen LogP contribution in [0.1, 0.15) is 37.8 Å². The first-order chi connectivity index (χ1) is 16.0. The predicted octanol–water partition coefficient (Wildman–Crippen LogP) is 5.93. The number of aryl methyl sites for hydroxylation is 1. The Hall–Kier alpha value is -2.41. The average molecular weight is 463 g/mol. The Balaban J connectivity index is 1.21. The molecule has 0 spiro atoms. The van der Waals surface area contributed by atoms with Crippen molar-refractivity contribution in [3.8, 4) is 17.0 Å². The standard InChI is InChI=1S/C27H34N4OS/c1-19(2)32-26-11-4-20(3)16-24(26)28-27-29-25(18-33-27)22-7-5-21(6-8-22)17-30-12-14-31(15-13-30)23-9-10-23/h4-8,11,16,18-19,23H,9-10,12-15,17H2,1-3H3,(H,28,29). The summed E-state index contributed by atoms with van der Waals surface area (Å²) < 4.78 is 5.97. The number of rotatable bonds is 8. The van der Waals surface area contributed by atoms with E-state index in [9.17, 15) is 0 Å². The molecular weight excluding hydrogens is 428 g/mol. The van der Waals surface area contributed by atoms with Gasteiger partial charge >= 0.3 is 0 Å². The van der Waals surface area contributed by atoms with Gasteiger partial charge in [0.25, 0.3) is 0 Å². The van der Waals surface area contributed by atoms with Gasteiger partial charge in [0, 0.05) is 49.7 Å². The molecule has 0 unspecified atom stereocenters. The summed E-state index contributed by atoms with van der Waals surface area (Å²) in [6.07, 6.45) is 2.95. The number of ether oxygens (including phenoxy) is 1. The first-order valence-corrected chi connectivity index (χ1v) is 13.0. The highest BCUT2D eigenvalue weighted by Gasteiger charge is 2.31. The Morgan fingerprint density at radius 2 is 1.82 bits per heavy atom. The first kappa shape index (κ1) is 22.4. The van der Waals surface area contributed by atoms with Crippen LogP contribution >= 0.6 is 11.3 Å². The Morgan fingerprint density at radius 3 is 2.52 bits per heavy atom. The van der Waals surface area contributed by atoms with Gasteiger partial charge in [-0.05, 0) is 56.9 Å². The Labute approximate surface area is 201 Å². The van der Waals surface area contributed by atoms with Crippen molar-refractivity contribution in [2.24, 2.45) is 0 Å². The van der Waals surface area contributed by atoms with Gasteiger partial charge in [0.05, 0.1) is 17.5 Å². The van der Waals surface area contributed by atoms with Crippen LogP contribution < -0.4 is 10.1 Å². The molecular formula is C27H34N4OS. The van der Waals surface area contributed by atoms with Gasteiger partial charge in [-0.25, -0.2) is 4.98 Å². The van der Waals surface area contributed by atoms with E-state index in [-0.39, 0.29) is 6.10 Å². The number of thiazole rings is 1. The van der Waals surface area contributed by atoms with E-state index in [0.717, 1.165) is 40.4 Å². The monoisotopic (exact) mass is 462 g/mol. The van der Waals surface area contributed by atoms with Gasteiger partial charge < -0.3 is 10.1 Å². The van der Waals surface area contributed by atoms with Crippen LogP contribution in [0.5, 0.6) is 5.75 Å². The highest BCUT2D eigenvalue weighted by molar-refractivity contribution is 7.14. The summed E-state index contributed by atoms with van der Waals surface area (Å²) in [5.41, 5.74) is 5.69. The molecule has 1 saturated carbocycles. The molecule has 5 nitrogen and oxygen atoms in total. The molecule has 2 fully saturated rings. The number of aromatic nitrogens is 1. The quantitative estimate of drug-likeness (QED) is 0.449. The molecule has 33 heavy (non-hydrogen) atoms. The second-order valence-electron chi connectivity index (χ2n) is 9.57. The summed E-state index contributed by atoms with van der Waals surface area (Å²) in [5.74, 6) is 0.856. The molecule has 1 aliphatic carbocycles. The lowest BCUT2D eigenvalue weighted by Gasteiger charge is -2.34. The number of piperazine rings is 1. The molecule has 3 aromatic rings. The lowest BCUT2D eigenvalue weighted by atomic mass is 10.1. The number of hydrogen-bond acceptors (Lipinski definition) is 6. The molecule has 6 heteroatoms. The van der Waals surface area contributed by atoms with Crippen LogP contribution in [0, 0.1) is 6.92 Å². The fraction of sp³-hybridized carbons (Fsp3) is 0.444. The summed E-state index contributed by atoms with van der Waals surface area (Å²) in [5, 5.41) is 6.46. The largest absolute Gasteiger partial charge is 0.489 e. The van der Waals surface area contributed by atoms with Gasteiger partial charge in [0.2, 0.25) is 0 Å². The van der Waals surface area contributed by atoms with E-state index in [1.165, 1.54) is 50.1 Å². The summed E-state index contributed by atoms with van der Waals surface area (Å²) in [4.78, 5) is 10.1. The maximum atomic E-state index is 5.97. The van der Waals surface area contributed by atoms with Gasteiger partial charge in [0.15, 0.2) is 5.13 Å². The minimum Gasteiger partial charge on any atom is -0.489 e. The topological polar surface area (TPSA) is 40.6 Å². The smallest absolute Gasteiger partial charge is 0.187 e. The van der Waals surface area contributed by atoms with E-state index in [1.54, 1.807) is 11.3 Å². The third-order valence-electron chi connectivity index (χ3n) is 6.37. The van der Waals surface area contributed by atoms with Gasteiger partial charge in [-0.3, -0.25) is 9.80 Å². The van der Waals surface area contributed by atoms with Crippen molar-refractivity contribution in [2.75, 3.05) is 31.5 Å². The molecule has 174 valence electrons. The van der Waals surface area contributed by atoms with Gasteiger partial charge in [-0.15, -0.1) is 11.3 Å². The number of benzene rings is 2. The van der Waals surface area contributed by atoms with E-state index >= 15 is 0 Å². The third-order valence-corrected chi connectivity index (χ3v) is 7.13. The van der Waals surface area contributed by atoms with Gasteiger partial charge in [0.1, 0.15) is 5.75 Å². The van der Waals surface area contributed by atoms with Crippen LogP contribution in [0.3, 0.4) is 0 Å². The zero-order valence-electron chi connectivity index (χ0n) is 19.9. The molecule has 0 bridgehead atoms. The molecule has 0 radical (unpaired) electrons. The zero-order valence-corrected chi connectivity index (χ0v) is 20.7. The Bertz CT molecular complexity index is 1070. The number of hydrogen-bond donors (Lipinski definition) is 1. The zero-order chi connectivity index (χ0) is 22.8. The molecule has 2 aliphatic rings. The van der Waals surface area contributed by atoms with Crippen molar-refractivity contribution in [3.63, 3.8) is 0 Å². The molecule has 0 atom stereocenters. The Kier molecular flexibility index (Phi) is 6.67. The fourth-order valence-corrected chi connectivity index (χ4v) is 5.17. The molecule has 1 aromatic heterocycles. The molecule has 2 heterocycles. The maximum absolute atomic E-state index is 5.97. The molecule has 5 rings (SSSR count). The van der Waals surface area contributed by atoms with Crippen LogP contribution in [-0.2, 0) is 6.54 Å². The van der Waals surface area contributed by atoms with E-state index in [0.29, 0.717) is 0 Å². The number of nitrogens with one attached hydrogen (secondary N) is 1. The summed E-state index contributed by atoms with van der Waals surface area (Å²) >= 11 is 1.62.